The molecule has 10 rings (SSSR count). The predicted octanol–water partition coefficient (Wildman–Crippen LogP) is 10.3. The zero-order chi connectivity index (χ0) is 41.8. The van der Waals surface area contributed by atoms with E-state index in [1.54, 1.807) is 28.4 Å². The Kier molecular flexibility index (Phi) is 9.37. The third-order valence-corrected chi connectivity index (χ3v) is 12.1. The monoisotopic (exact) mass is 830 g/mol. The molecule has 0 aliphatic carbocycles. The van der Waals surface area contributed by atoms with Crippen LogP contribution in [0.3, 0.4) is 0 Å². The molecule has 0 fully saturated rings. The van der Waals surface area contributed by atoms with Crippen molar-refractivity contribution in [3.63, 3.8) is 0 Å². The molecule has 3 aromatic heterocycles. The first-order valence-corrected chi connectivity index (χ1v) is 20.3. The third kappa shape index (κ3) is 6.46. The first kappa shape index (κ1) is 37.6. The SMILES string of the molecule is COc1ccc2c(c1)c1cc(OC)ccc1n2-c1ccc(NC(=O)c2sc(C(=O)Nc3ccc(-n4c5ccc(OC)cc5c5cc(OC)ccc54)cc3)c3c2OCCO3)cc1. The van der Waals surface area contributed by atoms with Crippen LogP contribution in [0.5, 0.6) is 34.5 Å². The molecule has 6 aromatic carbocycles. The lowest BCUT2D eigenvalue weighted by molar-refractivity contribution is 0.100. The number of hydrogen-bond donors (Lipinski definition) is 2. The molecule has 4 heterocycles. The van der Waals surface area contributed by atoms with E-state index < -0.39 is 11.8 Å². The molecule has 0 atom stereocenters. The number of rotatable bonds is 10. The van der Waals surface area contributed by atoms with Crippen LogP contribution in [-0.2, 0) is 0 Å². The molecule has 2 N–H and O–H groups in total. The maximum absolute atomic E-state index is 13.9. The van der Waals surface area contributed by atoms with E-state index in [9.17, 15) is 9.59 Å². The average molecular weight is 831 g/mol. The molecule has 9 aromatic rings. The number of carbonyl (C=O) groups is 2. The van der Waals surface area contributed by atoms with E-state index in [-0.39, 0.29) is 34.5 Å². The van der Waals surface area contributed by atoms with Gasteiger partial charge in [-0.25, -0.2) is 0 Å². The van der Waals surface area contributed by atoms with Gasteiger partial charge < -0.3 is 48.2 Å². The van der Waals surface area contributed by atoms with Crippen LogP contribution in [0.25, 0.3) is 55.0 Å². The van der Waals surface area contributed by atoms with Crippen molar-refractivity contribution in [2.45, 2.75) is 0 Å². The maximum Gasteiger partial charge on any atom is 0.269 e. The van der Waals surface area contributed by atoms with E-state index in [0.29, 0.717) is 11.4 Å². The number of anilines is 2. The van der Waals surface area contributed by atoms with Gasteiger partial charge in [-0.15, -0.1) is 11.3 Å². The quantitative estimate of drug-likeness (QED) is 0.140. The smallest absolute Gasteiger partial charge is 0.269 e. The summed E-state index contributed by atoms with van der Waals surface area (Å²) < 4.78 is 38.3. The number of nitrogens with zero attached hydrogens (tertiary/aromatic N) is 2. The minimum atomic E-state index is -0.416. The molecule has 0 saturated carbocycles. The highest BCUT2D eigenvalue weighted by atomic mass is 32.1. The molecule has 0 bridgehead atoms. The number of fused-ring (bicyclic) bond motifs is 7. The van der Waals surface area contributed by atoms with Crippen LogP contribution >= 0.6 is 11.3 Å². The number of thiophene rings is 1. The maximum atomic E-state index is 13.9. The van der Waals surface area contributed by atoms with E-state index in [4.69, 9.17) is 28.4 Å². The van der Waals surface area contributed by atoms with Gasteiger partial charge in [0.05, 0.1) is 50.5 Å². The summed E-state index contributed by atoms with van der Waals surface area (Å²) >= 11 is 1.03. The van der Waals surface area contributed by atoms with Crippen molar-refractivity contribution in [1.82, 2.24) is 9.13 Å². The summed E-state index contributed by atoms with van der Waals surface area (Å²) in [7, 11) is 6.61. The number of carbonyl (C=O) groups excluding carboxylic acids is 2. The van der Waals surface area contributed by atoms with Gasteiger partial charge in [-0.3, -0.25) is 9.59 Å². The van der Waals surface area contributed by atoms with Crippen molar-refractivity contribution in [3.05, 3.63) is 131 Å². The summed E-state index contributed by atoms with van der Waals surface area (Å²) in [5, 5.41) is 10.1. The minimum absolute atomic E-state index is 0.240. The van der Waals surface area contributed by atoms with Crippen molar-refractivity contribution in [2.24, 2.45) is 0 Å². The molecule has 13 heteroatoms. The Balaban J connectivity index is 0.901. The molecular weight excluding hydrogens is 793 g/mol. The topological polar surface area (TPSA) is 123 Å². The van der Waals surface area contributed by atoms with E-state index in [1.807, 2.05) is 121 Å². The highest BCUT2D eigenvalue weighted by Crippen LogP contribution is 2.45. The molecule has 0 saturated heterocycles. The van der Waals surface area contributed by atoms with Crippen LogP contribution in [0.15, 0.2) is 121 Å². The molecule has 0 radical (unpaired) electrons. The summed E-state index contributed by atoms with van der Waals surface area (Å²) in [6, 6.07) is 39.1. The zero-order valence-electron chi connectivity index (χ0n) is 33.5. The lowest BCUT2D eigenvalue weighted by atomic mass is 10.1. The van der Waals surface area contributed by atoms with Gasteiger partial charge >= 0.3 is 0 Å². The van der Waals surface area contributed by atoms with E-state index >= 15 is 0 Å². The van der Waals surface area contributed by atoms with Crippen LogP contribution in [0.2, 0.25) is 0 Å². The number of nitrogens with one attached hydrogen (secondary N) is 2. The highest BCUT2D eigenvalue weighted by molar-refractivity contribution is 7.17. The van der Waals surface area contributed by atoms with Crippen molar-refractivity contribution >= 4 is 78.1 Å². The van der Waals surface area contributed by atoms with Gasteiger partial charge in [-0.1, -0.05) is 0 Å². The second-order valence-electron chi connectivity index (χ2n) is 14.3. The van der Waals surface area contributed by atoms with Gasteiger partial charge in [0.15, 0.2) is 11.5 Å². The number of amides is 2. The molecule has 12 nitrogen and oxygen atoms in total. The molecule has 2 amide bonds. The Morgan fingerprint density at radius 1 is 0.475 bits per heavy atom. The highest BCUT2D eigenvalue weighted by Gasteiger charge is 2.32. The zero-order valence-corrected chi connectivity index (χ0v) is 34.3. The Labute approximate surface area is 353 Å². The molecule has 1 aliphatic heterocycles. The van der Waals surface area contributed by atoms with Gasteiger partial charge in [0.2, 0.25) is 0 Å². The van der Waals surface area contributed by atoms with Gasteiger partial charge in [0, 0.05) is 44.3 Å². The Morgan fingerprint density at radius 3 is 1.08 bits per heavy atom. The van der Waals surface area contributed by atoms with Gasteiger partial charge in [0.25, 0.3) is 11.8 Å². The van der Waals surface area contributed by atoms with Crippen molar-refractivity contribution < 1.29 is 38.0 Å². The molecule has 61 heavy (non-hydrogen) atoms. The Bertz CT molecular complexity index is 2850. The number of benzene rings is 6. The molecular formula is C48H38N4O8S. The standard InChI is InChI=1S/C48H38N4O8S/c1-55-31-13-17-39-35(23-31)36-24-32(56-2)14-18-40(36)51(39)29-9-5-27(6-10-29)49-47(53)45-43-44(60-22-21-59-43)46(61-45)48(54)50-28-7-11-30(12-8-28)52-41-19-15-33(57-3)25-37(41)38-26-34(58-4)16-20-42(38)52/h5-20,23-26H,21-22H2,1-4H3,(H,49,53)(H,50,54). The third-order valence-electron chi connectivity index (χ3n) is 10.9. The second-order valence-corrected chi connectivity index (χ2v) is 15.3. The Morgan fingerprint density at radius 2 is 0.787 bits per heavy atom. The summed E-state index contributed by atoms with van der Waals surface area (Å²) in [6.07, 6.45) is 0. The van der Waals surface area contributed by atoms with Crippen molar-refractivity contribution in [3.8, 4) is 45.9 Å². The van der Waals surface area contributed by atoms with Crippen LogP contribution in [0, 0.1) is 0 Å². The average Bonchev–Trinajstić information content (AvgIpc) is 3.96. The summed E-state index contributed by atoms with van der Waals surface area (Å²) in [5.74, 6) is 2.70. The second kappa shape index (κ2) is 15.2. The van der Waals surface area contributed by atoms with Crippen molar-refractivity contribution in [2.75, 3.05) is 52.3 Å². The van der Waals surface area contributed by atoms with Gasteiger partial charge in [0.1, 0.15) is 46.0 Å². The van der Waals surface area contributed by atoms with Crippen LogP contribution in [0.4, 0.5) is 11.4 Å². The van der Waals surface area contributed by atoms with E-state index in [1.165, 1.54) is 0 Å². The lowest BCUT2D eigenvalue weighted by Gasteiger charge is -2.17. The predicted molar refractivity (Wildman–Crippen MR) is 239 cm³/mol. The molecule has 0 spiro atoms. The fraction of sp³-hybridized carbons (Fsp3) is 0.125. The first-order chi connectivity index (χ1) is 29.8. The van der Waals surface area contributed by atoms with Crippen LogP contribution < -0.4 is 39.1 Å². The largest absolute Gasteiger partial charge is 0.497 e. The van der Waals surface area contributed by atoms with Crippen LogP contribution in [-0.4, -0.2) is 62.6 Å². The summed E-state index contributed by atoms with van der Waals surface area (Å²) in [5.41, 5.74) is 6.94. The van der Waals surface area contributed by atoms with Crippen LogP contribution in [0.1, 0.15) is 19.3 Å². The number of aromatic nitrogens is 2. The Hall–Kier alpha value is -7.64. The molecule has 304 valence electrons. The first-order valence-electron chi connectivity index (χ1n) is 19.4. The molecule has 1 aliphatic rings. The number of ether oxygens (including phenoxy) is 6. The normalized spacial score (nSPS) is 12.2. The van der Waals surface area contributed by atoms with E-state index in [0.717, 1.165) is 89.3 Å². The molecule has 0 unspecified atom stereocenters. The minimum Gasteiger partial charge on any atom is -0.497 e. The van der Waals surface area contributed by atoms with Gasteiger partial charge in [-0.05, 0) is 121 Å². The fourth-order valence-electron chi connectivity index (χ4n) is 8.04. The van der Waals surface area contributed by atoms with Gasteiger partial charge in [-0.2, -0.15) is 0 Å². The number of methoxy groups -OCH3 is 4. The van der Waals surface area contributed by atoms with Crippen molar-refractivity contribution in [1.29, 1.82) is 0 Å². The summed E-state index contributed by atoms with van der Waals surface area (Å²) in [6.45, 7) is 0.500. The van der Waals surface area contributed by atoms with E-state index in [2.05, 4.69) is 19.8 Å². The lowest BCUT2D eigenvalue weighted by Crippen LogP contribution is -2.19. The fourth-order valence-corrected chi connectivity index (χ4v) is 9.02. The summed E-state index contributed by atoms with van der Waals surface area (Å²) in [4.78, 5) is 28.2. The number of hydrogen-bond acceptors (Lipinski definition) is 9.